The van der Waals surface area contributed by atoms with Gasteiger partial charge in [0, 0.05) is 42.7 Å². The van der Waals surface area contributed by atoms with Crippen LogP contribution in [0.5, 0.6) is 0 Å². The van der Waals surface area contributed by atoms with Crippen LogP contribution in [0.25, 0.3) is 11.1 Å². The molecular weight excluding hydrogens is 330 g/mol. The van der Waals surface area contributed by atoms with Crippen molar-refractivity contribution < 1.29 is 0 Å². The minimum absolute atomic E-state index is 0.381. The molecule has 3 nitrogen and oxygen atoms in total. The van der Waals surface area contributed by atoms with Crippen molar-refractivity contribution in [2.45, 2.75) is 30.8 Å². The van der Waals surface area contributed by atoms with Crippen LogP contribution in [-0.2, 0) is 0 Å². The van der Waals surface area contributed by atoms with Gasteiger partial charge in [0.15, 0.2) is 0 Å². The molecule has 4 rings (SSSR count). The fourth-order valence-corrected chi connectivity index (χ4v) is 4.04. The van der Waals surface area contributed by atoms with Crippen LogP contribution in [0.3, 0.4) is 0 Å². The molecule has 0 spiro atoms. The van der Waals surface area contributed by atoms with E-state index < -0.39 is 0 Å². The maximum atomic E-state index is 6.09. The fraction of sp³-hybridized carbons (Fsp3) is 0.429. The van der Waals surface area contributed by atoms with Crippen molar-refractivity contribution in [1.82, 2.24) is 10.2 Å². The number of halogens is 1. The number of nitrogens with zero attached hydrogens (tertiary/aromatic N) is 1. The quantitative estimate of drug-likeness (QED) is 0.833. The molecule has 1 aliphatic heterocycles. The number of rotatable bonds is 6. The second kappa shape index (κ2) is 7.46. The molecule has 1 saturated carbocycles. The highest BCUT2D eigenvalue weighted by atomic mass is 35.5. The molecule has 1 unspecified atom stereocenters. The summed E-state index contributed by atoms with van der Waals surface area (Å²) in [6, 6.07) is 18.0. The third-order valence-electron chi connectivity index (χ3n) is 5.43. The van der Waals surface area contributed by atoms with Crippen LogP contribution in [0.1, 0.15) is 24.3 Å². The number of nitrogens with one attached hydrogen (secondary N) is 1. The van der Waals surface area contributed by atoms with Gasteiger partial charge in [-0.2, -0.15) is 0 Å². The molecule has 1 aliphatic carbocycles. The van der Waals surface area contributed by atoms with Crippen molar-refractivity contribution in [3.63, 3.8) is 0 Å². The van der Waals surface area contributed by atoms with E-state index in [4.69, 9.17) is 17.3 Å². The van der Waals surface area contributed by atoms with Crippen molar-refractivity contribution in [2.24, 2.45) is 5.73 Å². The Labute approximate surface area is 155 Å². The summed E-state index contributed by atoms with van der Waals surface area (Å²) in [5, 5.41) is 4.48. The van der Waals surface area contributed by atoms with Gasteiger partial charge >= 0.3 is 0 Å². The van der Waals surface area contributed by atoms with E-state index in [0.29, 0.717) is 18.0 Å². The number of hydrogen-bond donors (Lipinski definition) is 2. The minimum Gasteiger partial charge on any atom is -0.326 e. The molecule has 4 heteroatoms. The van der Waals surface area contributed by atoms with Crippen LogP contribution < -0.4 is 11.1 Å². The monoisotopic (exact) mass is 355 g/mol. The summed E-state index contributed by atoms with van der Waals surface area (Å²) < 4.78 is 0. The van der Waals surface area contributed by atoms with Gasteiger partial charge in [0.25, 0.3) is 0 Å². The molecule has 0 amide bonds. The molecular formula is C21H26ClN3. The lowest BCUT2D eigenvalue weighted by Gasteiger charge is -2.15. The average Bonchev–Trinajstić information content (AvgIpc) is 3.27. The van der Waals surface area contributed by atoms with Crippen LogP contribution in [0.2, 0.25) is 5.02 Å². The summed E-state index contributed by atoms with van der Waals surface area (Å²) in [7, 11) is 0. The summed E-state index contributed by atoms with van der Waals surface area (Å²) in [4.78, 5) is 2.47. The molecule has 1 saturated heterocycles. The summed E-state index contributed by atoms with van der Waals surface area (Å²) >= 11 is 6.09. The summed E-state index contributed by atoms with van der Waals surface area (Å²) in [6.07, 6.45) is 2.39. The Balaban J connectivity index is 1.27. The first kappa shape index (κ1) is 17.0. The molecule has 3 N–H and O–H groups in total. The molecule has 2 fully saturated rings. The number of hydrogen-bond acceptors (Lipinski definition) is 3. The van der Waals surface area contributed by atoms with E-state index in [9.17, 15) is 0 Å². The molecule has 2 aliphatic rings. The van der Waals surface area contributed by atoms with Gasteiger partial charge in [-0.05, 0) is 48.2 Å². The van der Waals surface area contributed by atoms with Crippen LogP contribution in [0.4, 0.5) is 0 Å². The standard InChI is InChI=1S/C21H26ClN3/c22-18-3-1-2-17(12-18)15-4-6-16(7-5-15)20-13-21(20)24-9-11-25-10-8-19(23)14-25/h1-7,12,19-21,24H,8-11,13-14,23H2/t19?,20-,21+/m0/s1. The molecule has 132 valence electrons. The van der Waals surface area contributed by atoms with Crippen molar-refractivity contribution in [1.29, 1.82) is 0 Å². The van der Waals surface area contributed by atoms with Crippen molar-refractivity contribution in [3.05, 3.63) is 59.1 Å². The number of nitrogens with two attached hydrogens (primary N) is 1. The van der Waals surface area contributed by atoms with Crippen molar-refractivity contribution >= 4 is 11.6 Å². The lowest BCUT2D eigenvalue weighted by molar-refractivity contribution is 0.331. The normalized spacial score (nSPS) is 26.1. The van der Waals surface area contributed by atoms with E-state index >= 15 is 0 Å². The summed E-state index contributed by atoms with van der Waals surface area (Å²) in [5.41, 5.74) is 9.79. The third-order valence-corrected chi connectivity index (χ3v) is 5.67. The molecule has 0 aromatic heterocycles. The summed E-state index contributed by atoms with van der Waals surface area (Å²) in [5.74, 6) is 0.661. The largest absolute Gasteiger partial charge is 0.326 e. The molecule has 0 radical (unpaired) electrons. The van der Waals surface area contributed by atoms with E-state index in [0.717, 1.165) is 37.6 Å². The Morgan fingerprint density at radius 1 is 1.12 bits per heavy atom. The zero-order chi connectivity index (χ0) is 17.2. The Kier molecular flexibility index (Phi) is 5.09. The van der Waals surface area contributed by atoms with Crippen LogP contribution in [0.15, 0.2) is 48.5 Å². The van der Waals surface area contributed by atoms with Crippen LogP contribution in [-0.4, -0.2) is 43.2 Å². The van der Waals surface area contributed by atoms with E-state index in [2.05, 4.69) is 40.5 Å². The third kappa shape index (κ3) is 4.24. The van der Waals surface area contributed by atoms with E-state index in [1.165, 1.54) is 23.1 Å². The van der Waals surface area contributed by atoms with Gasteiger partial charge in [-0.25, -0.2) is 0 Å². The number of likely N-dealkylation sites (tertiary alicyclic amines) is 1. The smallest absolute Gasteiger partial charge is 0.0412 e. The van der Waals surface area contributed by atoms with Gasteiger partial charge in [-0.1, -0.05) is 48.0 Å². The molecule has 2 aromatic rings. The first-order valence-electron chi connectivity index (χ1n) is 9.26. The Morgan fingerprint density at radius 3 is 2.68 bits per heavy atom. The first-order chi connectivity index (χ1) is 12.2. The first-order valence-corrected chi connectivity index (χ1v) is 9.64. The van der Waals surface area contributed by atoms with Crippen molar-refractivity contribution in [3.8, 4) is 11.1 Å². The van der Waals surface area contributed by atoms with Gasteiger partial charge in [-0.15, -0.1) is 0 Å². The summed E-state index contributed by atoms with van der Waals surface area (Å²) in [6.45, 7) is 4.39. The minimum atomic E-state index is 0.381. The topological polar surface area (TPSA) is 41.3 Å². The molecule has 0 bridgehead atoms. The molecule has 2 aromatic carbocycles. The Morgan fingerprint density at radius 2 is 1.96 bits per heavy atom. The van der Waals surface area contributed by atoms with Gasteiger partial charge < -0.3 is 16.0 Å². The zero-order valence-electron chi connectivity index (χ0n) is 14.5. The highest BCUT2D eigenvalue weighted by Crippen LogP contribution is 2.41. The maximum Gasteiger partial charge on any atom is 0.0412 e. The van der Waals surface area contributed by atoms with Gasteiger partial charge in [0.05, 0.1) is 0 Å². The highest BCUT2D eigenvalue weighted by molar-refractivity contribution is 6.30. The molecule has 1 heterocycles. The molecule has 25 heavy (non-hydrogen) atoms. The highest BCUT2D eigenvalue weighted by Gasteiger charge is 2.37. The predicted octanol–water partition coefficient (Wildman–Crippen LogP) is 3.49. The SMILES string of the molecule is NC1CCN(CCN[C@@H]2C[C@H]2c2ccc(-c3cccc(Cl)c3)cc2)C1. The predicted molar refractivity (Wildman–Crippen MR) is 105 cm³/mol. The number of benzene rings is 2. The fourth-order valence-electron chi connectivity index (χ4n) is 3.85. The second-order valence-electron chi connectivity index (χ2n) is 7.38. The Bertz CT molecular complexity index is 715. The second-order valence-corrected chi connectivity index (χ2v) is 7.82. The lowest BCUT2D eigenvalue weighted by atomic mass is 10.0. The van der Waals surface area contributed by atoms with E-state index in [1.54, 1.807) is 0 Å². The lowest BCUT2D eigenvalue weighted by Crippen LogP contribution is -2.33. The molecule has 3 atom stereocenters. The maximum absolute atomic E-state index is 6.09. The van der Waals surface area contributed by atoms with Gasteiger partial charge in [0.2, 0.25) is 0 Å². The average molecular weight is 356 g/mol. The van der Waals surface area contributed by atoms with Gasteiger partial charge in [-0.3, -0.25) is 0 Å². The Hall–Kier alpha value is -1.39. The zero-order valence-corrected chi connectivity index (χ0v) is 15.3. The van der Waals surface area contributed by atoms with Crippen molar-refractivity contribution in [2.75, 3.05) is 26.2 Å². The van der Waals surface area contributed by atoms with Gasteiger partial charge in [0.1, 0.15) is 0 Å². The van der Waals surface area contributed by atoms with E-state index in [-0.39, 0.29) is 0 Å². The van der Waals surface area contributed by atoms with Crippen LogP contribution in [0, 0.1) is 0 Å². The van der Waals surface area contributed by atoms with Crippen LogP contribution >= 0.6 is 11.6 Å². The van der Waals surface area contributed by atoms with E-state index in [1.807, 2.05) is 18.2 Å².